The molecule has 2 aromatic heterocycles. The minimum absolute atomic E-state index is 0.709. The minimum atomic E-state index is 0.709. The van der Waals surface area contributed by atoms with E-state index in [-0.39, 0.29) is 0 Å². The Morgan fingerprint density at radius 3 is 2.45 bits per heavy atom. The molecule has 0 atom stereocenters. The standard InChI is InChI=1S/C13H16ClN5S/c14-13-12(16-17-20-13)10-19-7-5-18(6-8-19)9-11-3-1-2-4-15-11/h1-4H,5-10H2. The number of aromatic nitrogens is 3. The van der Waals surface area contributed by atoms with Gasteiger partial charge in [-0.25, -0.2) is 0 Å². The van der Waals surface area contributed by atoms with Crippen molar-refractivity contribution >= 4 is 23.1 Å². The van der Waals surface area contributed by atoms with Gasteiger partial charge in [-0.1, -0.05) is 22.2 Å². The third-order valence-electron chi connectivity index (χ3n) is 3.46. The molecule has 0 bridgehead atoms. The molecule has 106 valence electrons. The van der Waals surface area contributed by atoms with Gasteiger partial charge in [0, 0.05) is 57.0 Å². The fourth-order valence-corrected chi connectivity index (χ4v) is 2.94. The van der Waals surface area contributed by atoms with Crippen molar-refractivity contribution in [2.75, 3.05) is 26.2 Å². The predicted octanol–water partition coefficient (Wildman–Crippen LogP) is 1.90. The van der Waals surface area contributed by atoms with Gasteiger partial charge >= 0.3 is 0 Å². The van der Waals surface area contributed by atoms with Crippen LogP contribution in [0, 0.1) is 0 Å². The van der Waals surface area contributed by atoms with Gasteiger partial charge in [0.25, 0.3) is 0 Å². The van der Waals surface area contributed by atoms with Crippen LogP contribution in [0.2, 0.25) is 4.34 Å². The average Bonchev–Trinajstić information content (AvgIpc) is 2.88. The van der Waals surface area contributed by atoms with Gasteiger partial charge in [-0.2, -0.15) is 0 Å². The molecule has 0 aromatic carbocycles. The summed E-state index contributed by atoms with van der Waals surface area (Å²) in [6.45, 7) is 5.87. The van der Waals surface area contributed by atoms with Gasteiger partial charge in [0.15, 0.2) is 0 Å². The van der Waals surface area contributed by atoms with Crippen LogP contribution in [0.4, 0.5) is 0 Å². The zero-order valence-electron chi connectivity index (χ0n) is 11.1. The summed E-state index contributed by atoms with van der Waals surface area (Å²) in [4.78, 5) is 9.18. The highest BCUT2D eigenvalue weighted by molar-refractivity contribution is 7.10. The molecule has 3 rings (SSSR count). The van der Waals surface area contributed by atoms with Crippen LogP contribution in [0.1, 0.15) is 11.4 Å². The van der Waals surface area contributed by atoms with E-state index in [1.807, 2.05) is 18.3 Å². The van der Waals surface area contributed by atoms with E-state index in [9.17, 15) is 0 Å². The maximum Gasteiger partial charge on any atom is 0.138 e. The Morgan fingerprint density at radius 1 is 1.10 bits per heavy atom. The normalized spacial score (nSPS) is 17.4. The summed E-state index contributed by atoms with van der Waals surface area (Å²) in [7, 11) is 0. The lowest BCUT2D eigenvalue weighted by atomic mass is 10.2. The fraction of sp³-hybridized carbons (Fsp3) is 0.462. The van der Waals surface area contributed by atoms with Crippen LogP contribution in [0.3, 0.4) is 0 Å². The van der Waals surface area contributed by atoms with Crippen molar-refractivity contribution in [1.82, 2.24) is 24.4 Å². The van der Waals surface area contributed by atoms with Crippen molar-refractivity contribution in [3.8, 4) is 0 Å². The lowest BCUT2D eigenvalue weighted by Gasteiger charge is -2.34. The molecule has 0 unspecified atom stereocenters. The molecule has 0 saturated carbocycles. The molecule has 1 fully saturated rings. The second-order valence-corrected chi connectivity index (χ2v) is 6.22. The summed E-state index contributed by atoms with van der Waals surface area (Å²) in [6.07, 6.45) is 1.85. The Balaban J connectivity index is 1.49. The minimum Gasteiger partial charge on any atom is -0.295 e. The van der Waals surface area contributed by atoms with E-state index in [2.05, 4.69) is 30.4 Å². The van der Waals surface area contributed by atoms with Crippen LogP contribution >= 0.6 is 23.1 Å². The smallest absolute Gasteiger partial charge is 0.138 e. The van der Waals surface area contributed by atoms with Crippen molar-refractivity contribution in [2.24, 2.45) is 0 Å². The van der Waals surface area contributed by atoms with Gasteiger partial charge < -0.3 is 0 Å². The van der Waals surface area contributed by atoms with Gasteiger partial charge in [0.05, 0.1) is 5.69 Å². The van der Waals surface area contributed by atoms with Gasteiger partial charge in [-0.3, -0.25) is 14.8 Å². The Kier molecular flexibility index (Phi) is 4.57. The van der Waals surface area contributed by atoms with E-state index in [1.54, 1.807) is 0 Å². The molecule has 0 spiro atoms. The van der Waals surface area contributed by atoms with Crippen molar-refractivity contribution in [1.29, 1.82) is 0 Å². The SMILES string of the molecule is Clc1snnc1CN1CCN(Cc2ccccn2)CC1. The van der Waals surface area contributed by atoms with E-state index < -0.39 is 0 Å². The molecule has 5 nitrogen and oxygen atoms in total. The third-order valence-corrected chi connectivity index (χ3v) is 4.44. The van der Waals surface area contributed by atoms with Crippen molar-refractivity contribution in [2.45, 2.75) is 13.1 Å². The Bertz CT molecular complexity index is 539. The molecular formula is C13H16ClN5S. The quantitative estimate of drug-likeness (QED) is 0.863. The number of rotatable bonds is 4. The number of pyridine rings is 1. The fourth-order valence-electron chi connectivity index (χ4n) is 2.33. The molecule has 0 N–H and O–H groups in total. The van der Waals surface area contributed by atoms with Gasteiger partial charge in [-0.05, 0) is 12.1 Å². The van der Waals surface area contributed by atoms with E-state index in [1.165, 1.54) is 11.5 Å². The molecule has 0 amide bonds. The summed E-state index contributed by atoms with van der Waals surface area (Å²) in [5.41, 5.74) is 2.03. The molecular weight excluding hydrogens is 294 g/mol. The maximum atomic E-state index is 6.04. The van der Waals surface area contributed by atoms with Gasteiger partial charge in [0.2, 0.25) is 0 Å². The van der Waals surface area contributed by atoms with Crippen molar-refractivity contribution in [3.05, 3.63) is 40.1 Å². The second kappa shape index (κ2) is 6.58. The lowest BCUT2D eigenvalue weighted by molar-refractivity contribution is 0.120. The largest absolute Gasteiger partial charge is 0.295 e. The van der Waals surface area contributed by atoms with Crippen LogP contribution in [0.15, 0.2) is 24.4 Å². The topological polar surface area (TPSA) is 45.2 Å². The molecule has 7 heteroatoms. The number of piperazine rings is 1. The molecule has 0 radical (unpaired) electrons. The summed E-state index contributed by atoms with van der Waals surface area (Å²) >= 11 is 7.30. The first kappa shape index (κ1) is 13.9. The molecule has 20 heavy (non-hydrogen) atoms. The Labute approximate surface area is 127 Å². The first-order valence-corrected chi connectivity index (χ1v) is 7.78. The van der Waals surface area contributed by atoms with Gasteiger partial charge in [0.1, 0.15) is 10.0 Å². The first-order valence-electron chi connectivity index (χ1n) is 6.62. The lowest BCUT2D eigenvalue weighted by Crippen LogP contribution is -2.45. The van der Waals surface area contributed by atoms with Crippen LogP contribution in [0.5, 0.6) is 0 Å². The Hall–Kier alpha value is -1.08. The molecule has 0 aliphatic carbocycles. The maximum absolute atomic E-state index is 6.04. The number of nitrogens with zero attached hydrogens (tertiary/aromatic N) is 5. The summed E-state index contributed by atoms with van der Waals surface area (Å²) in [5, 5.41) is 4.07. The van der Waals surface area contributed by atoms with E-state index in [4.69, 9.17) is 11.6 Å². The summed E-state index contributed by atoms with van der Waals surface area (Å²) in [5.74, 6) is 0. The highest BCUT2D eigenvalue weighted by atomic mass is 35.5. The van der Waals surface area contributed by atoms with Crippen molar-refractivity contribution < 1.29 is 0 Å². The molecule has 1 aliphatic heterocycles. The van der Waals surface area contributed by atoms with E-state index >= 15 is 0 Å². The van der Waals surface area contributed by atoms with E-state index in [0.717, 1.165) is 50.7 Å². The molecule has 1 saturated heterocycles. The third kappa shape index (κ3) is 3.52. The molecule has 3 heterocycles. The van der Waals surface area contributed by atoms with Crippen LogP contribution < -0.4 is 0 Å². The zero-order valence-corrected chi connectivity index (χ0v) is 12.6. The zero-order chi connectivity index (χ0) is 13.8. The number of hydrogen-bond acceptors (Lipinski definition) is 6. The Morgan fingerprint density at radius 2 is 1.85 bits per heavy atom. The van der Waals surface area contributed by atoms with Gasteiger partial charge in [-0.15, -0.1) is 5.10 Å². The summed E-state index contributed by atoms with van der Waals surface area (Å²) in [6, 6.07) is 6.07. The molecule has 2 aromatic rings. The average molecular weight is 310 g/mol. The van der Waals surface area contributed by atoms with Crippen LogP contribution in [-0.4, -0.2) is 50.5 Å². The highest BCUT2D eigenvalue weighted by Gasteiger charge is 2.19. The summed E-state index contributed by atoms with van der Waals surface area (Å²) < 4.78 is 4.58. The highest BCUT2D eigenvalue weighted by Crippen LogP contribution is 2.19. The first-order chi connectivity index (χ1) is 9.81. The monoisotopic (exact) mass is 309 g/mol. The van der Waals surface area contributed by atoms with E-state index in [0.29, 0.717) is 4.34 Å². The predicted molar refractivity (Wildman–Crippen MR) is 79.7 cm³/mol. The van der Waals surface area contributed by atoms with Crippen molar-refractivity contribution in [3.63, 3.8) is 0 Å². The number of halogens is 1. The van der Waals surface area contributed by atoms with Crippen LogP contribution in [0.25, 0.3) is 0 Å². The second-order valence-electron chi connectivity index (χ2n) is 4.87. The van der Waals surface area contributed by atoms with Crippen LogP contribution in [-0.2, 0) is 13.1 Å². The molecule has 1 aliphatic rings. The number of hydrogen-bond donors (Lipinski definition) is 0.